The van der Waals surface area contributed by atoms with Crippen LogP contribution in [0.2, 0.25) is 0 Å². The quantitative estimate of drug-likeness (QED) is 0.419. The average molecular weight is 174 g/mol. The van der Waals surface area contributed by atoms with Crippen molar-refractivity contribution < 1.29 is 14.8 Å². The Hall–Kier alpha value is -0.560. The number of hydrogen-bond donors (Lipinski definition) is 4. The van der Waals surface area contributed by atoms with E-state index in [4.69, 9.17) is 9.90 Å². The maximum absolute atomic E-state index is 8.78. The summed E-state index contributed by atoms with van der Waals surface area (Å²) in [4.78, 5) is 12.7. The molecule has 6 nitrogen and oxygen atoms in total. The van der Waals surface area contributed by atoms with Gasteiger partial charge in [-0.25, -0.2) is 9.73 Å². The summed E-state index contributed by atoms with van der Waals surface area (Å²) >= 11 is 0. The molecule has 7 heteroatoms. The van der Waals surface area contributed by atoms with Crippen LogP contribution >= 0.6 is 12.4 Å². The van der Waals surface area contributed by atoms with Gasteiger partial charge in [0.05, 0.1) is 0 Å². The van der Waals surface area contributed by atoms with Crippen LogP contribution in [0.1, 0.15) is 6.92 Å². The first-order chi connectivity index (χ1) is 4.15. The van der Waals surface area contributed by atoms with Crippen LogP contribution in [0.5, 0.6) is 0 Å². The molecule has 0 heterocycles. The Kier molecular flexibility index (Phi) is 25.6. The standard InChI is InChI=1S/C2H8N2O.CH3NO2.ClH/c1-2-4-5-3;2-1(3)4;/h4H,2-3H2,1H3;2H2,(H,3,4);1H. The Morgan fingerprint density at radius 1 is 1.80 bits per heavy atom. The molecular weight excluding hydrogens is 162 g/mol. The second-order valence-electron chi connectivity index (χ2n) is 0.954. The van der Waals surface area contributed by atoms with Crippen LogP contribution in [0.3, 0.4) is 0 Å². The van der Waals surface area contributed by atoms with Crippen molar-refractivity contribution in [2.75, 3.05) is 6.54 Å². The van der Waals surface area contributed by atoms with Gasteiger partial charge in [-0.1, -0.05) is 6.92 Å². The van der Waals surface area contributed by atoms with Gasteiger partial charge in [0, 0.05) is 6.54 Å². The number of halogens is 1. The molecular formula is C3H12ClN3O3. The predicted molar refractivity (Wildman–Crippen MR) is 38.4 cm³/mol. The van der Waals surface area contributed by atoms with Gasteiger partial charge in [0.15, 0.2) is 0 Å². The second kappa shape index (κ2) is 15.8. The van der Waals surface area contributed by atoms with E-state index in [0.717, 1.165) is 6.54 Å². The molecule has 0 aliphatic rings. The molecule has 0 radical (unpaired) electrons. The van der Waals surface area contributed by atoms with Gasteiger partial charge in [-0.2, -0.15) is 11.4 Å². The first kappa shape index (κ1) is 16.2. The third kappa shape index (κ3) is 149. The number of carboxylic acid groups (broad SMARTS) is 1. The lowest BCUT2D eigenvalue weighted by Crippen LogP contribution is -2.17. The maximum atomic E-state index is 8.78. The number of nitrogens with two attached hydrogens (primary N) is 2. The molecule has 0 saturated carbocycles. The minimum absolute atomic E-state index is 0. The third-order valence-corrected chi connectivity index (χ3v) is 0.228. The first-order valence-electron chi connectivity index (χ1n) is 2.22. The zero-order valence-electron chi connectivity index (χ0n) is 5.53. The minimum atomic E-state index is -1.33. The molecule has 0 aliphatic heterocycles. The van der Waals surface area contributed by atoms with E-state index in [1.54, 1.807) is 0 Å². The summed E-state index contributed by atoms with van der Waals surface area (Å²) in [5, 5.41) is 7.19. The van der Waals surface area contributed by atoms with Crippen LogP contribution in [-0.2, 0) is 4.94 Å². The van der Waals surface area contributed by atoms with Gasteiger partial charge in [-0.3, -0.25) is 0 Å². The zero-order chi connectivity index (χ0) is 7.70. The van der Waals surface area contributed by atoms with E-state index in [1.165, 1.54) is 0 Å². The molecule has 0 bridgehead atoms. The van der Waals surface area contributed by atoms with Gasteiger partial charge in [-0.05, 0) is 0 Å². The van der Waals surface area contributed by atoms with Crippen LogP contribution in [0.25, 0.3) is 0 Å². The molecule has 0 spiro atoms. The van der Waals surface area contributed by atoms with Gasteiger partial charge in [-0.15, -0.1) is 12.4 Å². The second-order valence-corrected chi connectivity index (χ2v) is 0.954. The monoisotopic (exact) mass is 173 g/mol. The Morgan fingerprint density at radius 2 is 2.10 bits per heavy atom. The van der Waals surface area contributed by atoms with Gasteiger partial charge in [0.1, 0.15) is 0 Å². The number of carbonyl (C=O) groups is 1. The fourth-order valence-corrected chi connectivity index (χ4v) is 0.0833. The normalized spacial score (nSPS) is 6.60. The summed E-state index contributed by atoms with van der Waals surface area (Å²) < 4.78 is 0. The molecule has 0 aliphatic carbocycles. The highest BCUT2D eigenvalue weighted by atomic mass is 35.5. The summed E-state index contributed by atoms with van der Waals surface area (Å²) in [6.07, 6.45) is -1.33. The van der Waals surface area contributed by atoms with Crippen LogP contribution in [0.15, 0.2) is 0 Å². The van der Waals surface area contributed by atoms with Gasteiger partial charge in [0.2, 0.25) is 0 Å². The molecule has 0 aromatic carbocycles. The van der Waals surface area contributed by atoms with Crippen LogP contribution in [-0.4, -0.2) is 17.7 Å². The molecule has 10 heavy (non-hydrogen) atoms. The molecule has 1 amide bonds. The topological polar surface area (TPSA) is 111 Å². The smallest absolute Gasteiger partial charge is 0.402 e. The van der Waals surface area contributed by atoms with E-state index < -0.39 is 6.09 Å². The number of amides is 1. The maximum Gasteiger partial charge on any atom is 0.402 e. The molecule has 0 aromatic heterocycles. The number of rotatable bonds is 2. The largest absolute Gasteiger partial charge is 0.465 e. The number of primary amides is 1. The van der Waals surface area contributed by atoms with Crippen molar-refractivity contribution in [3.8, 4) is 0 Å². The van der Waals surface area contributed by atoms with Crippen molar-refractivity contribution in [1.82, 2.24) is 5.48 Å². The van der Waals surface area contributed by atoms with E-state index in [-0.39, 0.29) is 12.4 Å². The minimum Gasteiger partial charge on any atom is -0.465 e. The number of nitrogens with one attached hydrogen (secondary N) is 1. The highest BCUT2D eigenvalue weighted by Crippen LogP contribution is 1.42. The van der Waals surface area contributed by atoms with Crippen molar-refractivity contribution in [1.29, 1.82) is 0 Å². The first-order valence-corrected chi connectivity index (χ1v) is 2.22. The fourth-order valence-electron chi connectivity index (χ4n) is 0.0833. The Labute approximate surface area is 64.8 Å². The third-order valence-electron chi connectivity index (χ3n) is 0.228. The van der Waals surface area contributed by atoms with Gasteiger partial charge >= 0.3 is 6.09 Å². The Bertz CT molecular complexity index is 66.0. The average Bonchev–Trinajstić information content (AvgIpc) is 1.66. The van der Waals surface area contributed by atoms with Crippen LogP contribution in [0, 0.1) is 0 Å². The van der Waals surface area contributed by atoms with E-state index in [9.17, 15) is 0 Å². The Balaban J connectivity index is -0.0000000910. The molecule has 64 valence electrons. The van der Waals surface area contributed by atoms with Crippen molar-refractivity contribution in [3.05, 3.63) is 0 Å². The SMILES string of the molecule is CCNON.Cl.NC(=O)O. The highest BCUT2D eigenvalue weighted by Gasteiger charge is 1.65. The summed E-state index contributed by atoms with van der Waals surface area (Å²) in [5.41, 5.74) is 6.42. The molecule has 0 atom stereocenters. The molecule has 0 rings (SSSR count). The van der Waals surface area contributed by atoms with E-state index in [2.05, 4.69) is 22.0 Å². The van der Waals surface area contributed by atoms with E-state index in [0.29, 0.717) is 0 Å². The van der Waals surface area contributed by atoms with E-state index >= 15 is 0 Å². The zero-order valence-corrected chi connectivity index (χ0v) is 6.35. The van der Waals surface area contributed by atoms with Crippen molar-refractivity contribution in [3.63, 3.8) is 0 Å². The number of hydroxylamine groups is 1. The molecule has 0 aromatic rings. The lowest BCUT2D eigenvalue weighted by atomic mass is 10.8. The number of hydrogen-bond acceptors (Lipinski definition) is 4. The summed E-state index contributed by atoms with van der Waals surface area (Å²) in [6, 6.07) is 0. The van der Waals surface area contributed by atoms with Gasteiger partial charge < -0.3 is 10.8 Å². The van der Waals surface area contributed by atoms with E-state index in [1.807, 2.05) is 6.92 Å². The predicted octanol–water partition coefficient (Wildman–Crippen LogP) is -0.554. The van der Waals surface area contributed by atoms with Crippen molar-refractivity contribution in [2.24, 2.45) is 11.6 Å². The van der Waals surface area contributed by atoms with Crippen molar-refractivity contribution in [2.45, 2.75) is 6.92 Å². The lowest BCUT2D eigenvalue weighted by molar-refractivity contribution is 0.0445. The van der Waals surface area contributed by atoms with Crippen molar-refractivity contribution >= 4 is 18.5 Å². The van der Waals surface area contributed by atoms with Crippen LogP contribution < -0.4 is 17.1 Å². The highest BCUT2D eigenvalue weighted by molar-refractivity contribution is 5.85. The fraction of sp³-hybridized carbons (Fsp3) is 0.667. The molecule has 0 unspecified atom stereocenters. The Morgan fingerprint density at radius 3 is 2.10 bits per heavy atom. The lowest BCUT2D eigenvalue weighted by Gasteiger charge is -1.87. The van der Waals surface area contributed by atoms with Crippen LogP contribution in [0.4, 0.5) is 4.79 Å². The summed E-state index contributed by atoms with van der Waals surface area (Å²) in [6.45, 7) is 2.64. The summed E-state index contributed by atoms with van der Waals surface area (Å²) in [5.74, 6) is 4.53. The summed E-state index contributed by atoms with van der Waals surface area (Å²) in [7, 11) is 0. The molecule has 0 saturated heterocycles. The molecule has 0 fully saturated rings. The molecule has 6 N–H and O–H groups in total. The van der Waals surface area contributed by atoms with Gasteiger partial charge in [0.25, 0.3) is 0 Å².